The van der Waals surface area contributed by atoms with Crippen molar-refractivity contribution in [2.24, 2.45) is 11.8 Å². The summed E-state index contributed by atoms with van der Waals surface area (Å²) in [5.41, 5.74) is 3.19. The van der Waals surface area contributed by atoms with Gasteiger partial charge >= 0.3 is 6.03 Å². The van der Waals surface area contributed by atoms with Gasteiger partial charge in [0.15, 0.2) is 0 Å². The van der Waals surface area contributed by atoms with E-state index in [2.05, 4.69) is 11.4 Å². The predicted octanol–water partition coefficient (Wildman–Crippen LogP) is 4.07. The van der Waals surface area contributed by atoms with Gasteiger partial charge < -0.3 is 20.1 Å². The van der Waals surface area contributed by atoms with E-state index in [1.807, 2.05) is 55.1 Å². The number of rotatable bonds is 3. The number of hydrogen-bond donors (Lipinski definition) is 2. The van der Waals surface area contributed by atoms with Gasteiger partial charge in [0, 0.05) is 18.8 Å². The average molecular weight is 380 g/mol. The Morgan fingerprint density at radius 2 is 1.86 bits per heavy atom. The summed E-state index contributed by atoms with van der Waals surface area (Å²) in [6, 6.07) is 13.7. The molecule has 1 aliphatic heterocycles. The van der Waals surface area contributed by atoms with Crippen LogP contribution in [0, 0.1) is 25.7 Å². The molecule has 4 rings (SSSR count). The third-order valence-corrected chi connectivity index (χ3v) is 6.29. The topological polar surface area (TPSA) is 61.8 Å². The van der Waals surface area contributed by atoms with E-state index in [0.29, 0.717) is 37.8 Å². The zero-order valence-corrected chi connectivity index (χ0v) is 16.7. The molecule has 2 aromatic carbocycles. The van der Waals surface area contributed by atoms with Crippen LogP contribution in [-0.2, 0) is 5.60 Å². The van der Waals surface area contributed by atoms with Gasteiger partial charge in [0.1, 0.15) is 5.75 Å². The lowest BCUT2D eigenvalue weighted by Crippen LogP contribution is -2.35. The Morgan fingerprint density at radius 1 is 1.14 bits per heavy atom. The summed E-state index contributed by atoms with van der Waals surface area (Å²) >= 11 is 0. The van der Waals surface area contributed by atoms with E-state index < -0.39 is 5.60 Å². The van der Waals surface area contributed by atoms with Crippen LogP contribution in [0.3, 0.4) is 0 Å². The van der Waals surface area contributed by atoms with Crippen LogP contribution in [0.2, 0.25) is 0 Å². The minimum Gasteiger partial charge on any atom is -0.497 e. The maximum Gasteiger partial charge on any atom is 0.321 e. The number of carbonyl (C=O) groups is 1. The third kappa shape index (κ3) is 3.47. The fraction of sp³-hybridized carbons (Fsp3) is 0.435. The van der Waals surface area contributed by atoms with Gasteiger partial charge in [0.2, 0.25) is 0 Å². The summed E-state index contributed by atoms with van der Waals surface area (Å²) in [6.07, 6.45) is 1.36. The number of nitrogens with one attached hydrogen (secondary N) is 1. The molecular weight excluding hydrogens is 352 g/mol. The summed E-state index contributed by atoms with van der Waals surface area (Å²) in [6.45, 7) is 5.43. The first-order valence-corrected chi connectivity index (χ1v) is 9.88. The number of fused-ring (bicyclic) bond motifs is 1. The molecule has 1 saturated carbocycles. The molecule has 2 fully saturated rings. The molecule has 0 radical (unpaired) electrons. The lowest BCUT2D eigenvalue weighted by Gasteiger charge is -2.27. The lowest BCUT2D eigenvalue weighted by atomic mass is 9.90. The molecule has 1 aliphatic carbocycles. The number of urea groups is 1. The number of benzene rings is 2. The van der Waals surface area contributed by atoms with Crippen LogP contribution >= 0.6 is 0 Å². The zero-order chi connectivity index (χ0) is 19.9. The highest BCUT2D eigenvalue weighted by Crippen LogP contribution is 2.49. The van der Waals surface area contributed by atoms with Crippen LogP contribution in [0.15, 0.2) is 42.5 Å². The number of carbonyl (C=O) groups excluding carboxylic acids is 1. The molecule has 0 bridgehead atoms. The van der Waals surface area contributed by atoms with E-state index in [-0.39, 0.29) is 6.03 Å². The van der Waals surface area contributed by atoms with E-state index in [4.69, 9.17) is 4.74 Å². The Hall–Kier alpha value is -2.53. The summed E-state index contributed by atoms with van der Waals surface area (Å²) in [4.78, 5) is 14.6. The van der Waals surface area contributed by atoms with Crippen LogP contribution < -0.4 is 10.1 Å². The Labute approximate surface area is 166 Å². The molecule has 148 valence electrons. The number of nitrogens with zero attached hydrogens (tertiary/aromatic N) is 1. The average Bonchev–Trinajstić information content (AvgIpc) is 3.20. The first-order valence-electron chi connectivity index (χ1n) is 9.88. The standard InChI is InChI=1S/C23H28N2O3/c1-15-7-8-21(16(2)9-15)24-22(26)25-13-17-11-23(27,12-18(17)14-25)19-5-4-6-20(10-19)28-3/h4-10,17-18,27H,11-14H2,1-3H3,(H,24,26)/t17-,18+,23-. The minimum atomic E-state index is -0.833. The largest absolute Gasteiger partial charge is 0.497 e. The van der Waals surface area contributed by atoms with Crippen molar-refractivity contribution in [2.75, 3.05) is 25.5 Å². The summed E-state index contributed by atoms with van der Waals surface area (Å²) in [7, 11) is 1.64. The van der Waals surface area contributed by atoms with E-state index in [9.17, 15) is 9.90 Å². The van der Waals surface area contributed by atoms with Gasteiger partial charge in [-0.3, -0.25) is 0 Å². The van der Waals surface area contributed by atoms with Gasteiger partial charge in [-0.15, -0.1) is 0 Å². The number of ether oxygens (including phenoxy) is 1. The second-order valence-electron chi connectivity index (χ2n) is 8.35. The quantitative estimate of drug-likeness (QED) is 0.844. The molecule has 0 unspecified atom stereocenters. The third-order valence-electron chi connectivity index (χ3n) is 6.29. The fourth-order valence-electron chi connectivity index (χ4n) is 4.81. The number of anilines is 1. The van der Waals surface area contributed by atoms with E-state index in [1.54, 1.807) is 7.11 Å². The molecule has 2 aromatic rings. The van der Waals surface area contributed by atoms with Crippen molar-refractivity contribution in [3.8, 4) is 5.75 Å². The first kappa shape index (κ1) is 18.8. The summed E-state index contributed by atoms with van der Waals surface area (Å²) in [5.74, 6) is 1.40. The van der Waals surface area contributed by atoms with Gasteiger partial charge in [-0.1, -0.05) is 29.8 Å². The maximum atomic E-state index is 12.7. The summed E-state index contributed by atoms with van der Waals surface area (Å²) < 4.78 is 5.30. The molecule has 3 atom stereocenters. The normalized spacial score (nSPS) is 26.2. The van der Waals surface area contributed by atoms with E-state index in [0.717, 1.165) is 22.6 Å². The van der Waals surface area contributed by atoms with Crippen LogP contribution in [0.25, 0.3) is 0 Å². The molecule has 5 nitrogen and oxygen atoms in total. The van der Waals surface area contributed by atoms with Crippen LogP contribution in [0.1, 0.15) is 29.5 Å². The van der Waals surface area contributed by atoms with Crippen molar-refractivity contribution in [2.45, 2.75) is 32.3 Å². The van der Waals surface area contributed by atoms with Gasteiger partial charge in [0.25, 0.3) is 0 Å². The Morgan fingerprint density at radius 3 is 2.50 bits per heavy atom. The van der Waals surface area contributed by atoms with Gasteiger partial charge in [-0.2, -0.15) is 0 Å². The minimum absolute atomic E-state index is 0.0497. The zero-order valence-electron chi connectivity index (χ0n) is 16.7. The monoisotopic (exact) mass is 380 g/mol. The van der Waals surface area contributed by atoms with Crippen molar-refractivity contribution in [1.29, 1.82) is 0 Å². The van der Waals surface area contributed by atoms with Gasteiger partial charge in [-0.05, 0) is 67.9 Å². The molecule has 0 spiro atoms. The van der Waals surface area contributed by atoms with Crippen LogP contribution in [0.4, 0.5) is 10.5 Å². The molecule has 1 saturated heterocycles. The van der Waals surface area contributed by atoms with Crippen molar-refractivity contribution >= 4 is 11.7 Å². The first-order chi connectivity index (χ1) is 13.4. The number of hydrogen-bond acceptors (Lipinski definition) is 3. The molecule has 2 N–H and O–H groups in total. The second kappa shape index (κ2) is 7.13. The predicted molar refractivity (Wildman–Crippen MR) is 110 cm³/mol. The highest BCUT2D eigenvalue weighted by Gasteiger charge is 2.50. The van der Waals surface area contributed by atoms with Gasteiger partial charge in [-0.25, -0.2) is 4.79 Å². The Balaban J connectivity index is 1.41. The number of likely N-dealkylation sites (tertiary alicyclic amines) is 1. The van der Waals surface area contributed by atoms with Crippen LogP contribution in [-0.4, -0.2) is 36.2 Å². The Kier molecular flexibility index (Phi) is 4.79. The highest BCUT2D eigenvalue weighted by atomic mass is 16.5. The SMILES string of the molecule is COc1cccc([C@]2(O)C[C@H]3CN(C(=O)Nc4ccc(C)cc4C)C[C@H]3C2)c1. The lowest BCUT2D eigenvalue weighted by molar-refractivity contribution is 0.0326. The molecule has 2 aliphatic rings. The van der Waals surface area contributed by atoms with E-state index >= 15 is 0 Å². The highest BCUT2D eigenvalue weighted by molar-refractivity contribution is 5.90. The number of amides is 2. The second-order valence-corrected chi connectivity index (χ2v) is 8.35. The summed E-state index contributed by atoms with van der Waals surface area (Å²) in [5, 5.41) is 14.3. The number of aryl methyl sites for hydroxylation is 2. The fourth-order valence-corrected chi connectivity index (χ4v) is 4.81. The van der Waals surface area contributed by atoms with Crippen molar-refractivity contribution in [3.05, 3.63) is 59.2 Å². The molecule has 0 aromatic heterocycles. The number of methoxy groups -OCH3 is 1. The molecule has 1 heterocycles. The molecular formula is C23H28N2O3. The van der Waals surface area contributed by atoms with Crippen molar-refractivity contribution < 1.29 is 14.6 Å². The van der Waals surface area contributed by atoms with Crippen molar-refractivity contribution in [3.63, 3.8) is 0 Å². The smallest absolute Gasteiger partial charge is 0.321 e. The van der Waals surface area contributed by atoms with E-state index in [1.165, 1.54) is 5.56 Å². The van der Waals surface area contributed by atoms with Crippen molar-refractivity contribution in [1.82, 2.24) is 4.90 Å². The molecule has 28 heavy (non-hydrogen) atoms. The molecule has 2 amide bonds. The Bertz CT molecular complexity index is 881. The van der Waals surface area contributed by atoms with Gasteiger partial charge in [0.05, 0.1) is 12.7 Å². The molecule has 5 heteroatoms. The van der Waals surface area contributed by atoms with Crippen LogP contribution in [0.5, 0.6) is 5.75 Å². The number of aliphatic hydroxyl groups is 1. The maximum absolute atomic E-state index is 12.7.